The molecule has 0 fully saturated rings. The SMILES string of the molecule is CC1CCc2c1nc1c(c2N)CCC1. The summed E-state index contributed by atoms with van der Waals surface area (Å²) in [6, 6.07) is 0. The van der Waals surface area contributed by atoms with Crippen LogP contribution in [0.4, 0.5) is 5.69 Å². The zero-order valence-electron chi connectivity index (χ0n) is 8.64. The molecule has 0 aromatic carbocycles. The van der Waals surface area contributed by atoms with Crippen molar-refractivity contribution in [1.82, 2.24) is 4.98 Å². The molecule has 3 rings (SSSR count). The predicted octanol–water partition coefficient (Wildman–Crippen LogP) is 2.20. The number of nitrogens with zero attached hydrogens (tertiary/aromatic N) is 1. The van der Waals surface area contributed by atoms with E-state index in [0.717, 1.165) is 24.9 Å². The van der Waals surface area contributed by atoms with Crippen LogP contribution in [0, 0.1) is 0 Å². The van der Waals surface area contributed by atoms with Gasteiger partial charge in [0.05, 0.1) is 0 Å². The van der Waals surface area contributed by atoms with Gasteiger partial charge >= 0.3 is 0 Å². The van der Waals surface area contributed by atoms with Crippen molar-refractivity contribution in [2.45, 2.75) is 44.9 Å². The Kier molecular flexibility index (Phi) is 1.61. The third-order valence-electron chi connectivity index (χ3n) is 3.70. The van der Waals surface area contributed by atoms with Crippen LogP contribution in [0.5, 0.6) is 0 Å². The van der Waals surface area contributed by atoms with Crippen LogP contribution in [0.1, 0.15) is 48.2 Å². The Morgan fingerprint density at radius 3 is 2.93 bits per heavy atom. The highest BCUT2D eigenvalue weighted by Gasteiger charge is 2.27. The average Bonchev–Trinajstić information content (AvgIpc) is 2.75. The number of aromatic nitrogens is 1. The summed E-state index contributed by atoms with van der Waals surface area (Å²) in [6.07, 6.45) is 5.90. The van der Waals surface area contributed by atoms with E-state index in [-0.39, 0.29) is 0 Å². The largest absolute Gasteiger partial charge is 0.398 e. The number of anilines is 1. The minimum atomic E-state index is 0.623. The van der Waals surface area contributed by atoms with Crippen molar-refractivity contribution in [2.24, 2.45) is 0 Å². The van der Waals surface area contributed by atoms with Gasteiger partial charge in [0, 0.05) is 17.1 Å². The minimum Gasteiger partial charge on any atom is -0.398 e. The van der Waals surface area contributed by atoms with Crippen LogP contribution in [-0.2, 0) is 19.3 Å². The molecule has 0 bridgehead atoms. The van der Waals surface area contributed by atoms with E-state index < -0.39 is 0 Å². The van der Waals surface area contributed by atoms with Crippen molar-refractivity contribution >= 4 is 5.69 Å². The summed E-state index contributed by atoms with van der Waals surface area (Å²) in [6.45, 7) is 2.26. The Hall–Kier alpha value is -1.05. The molecule has 0 aliphatic heterocycles. The molecule has 0 radical (unpaired) electrons. The second kappa shape index (κ2) is 2.72. The van der Waals surface area contributed by atoms with Crippen molar-refractivity contribution in [1.29, 1.82) is 0 Å². The smallest absolute Gasteiger partial charge is 0.0487 e. The van der Waals surface area contributed by atoms with E-state index >= 15 is 0 Å². The van der Waals surface area contributed by atoms with Crippen LogP contribution < -0.4 is 5.73 Å². The lowest BCUT2D eigenvalue weighted by Gasteiger charge is -2.10. The van der Waals surface area contributed by atoms with E-state index in [1.54, 1.807) is 0 Å². The number of aryl methyl sites for hydroxylation is 1. The molecular formula is C12H16N2. The van der Waals surface area contributed by atoms with E-state index in [1.807, 2.05) is 0 Å². The maximum atomic E-state index is 6.21. The van der Waals surface area contributed by atoms with Gasteiger partial charge in [-0.15, -0.1) is 0 Å². The fraction of sp³-hybridized carbons (Fsp3) is 0.583. The summed E-state index contributed by atoms with van der Waals surface area (Å²) >= 11 is 0. The fourth-order valence-corrected chi connectivity index (χ4v) is 2.84. The van der Waals surface area contributed by atoms with Crippen molar-refractivity contribution in [3.05, 3.63) is 22.5 Å². The molecule has 14 heavy (non-hydrogen) atoms. The van der Waals surface area contributed by atoms with Crippen LogP contribution in [0.25, 0.3) is 0 Å². The van der Waals surface area contributed by atoms with Gasteiger partial charge in [-0.2, -0.15) is 0 Å². The normalized spacial score (nSPS) is 23.6. The predicted molar refractivity (Wildman–Crippen MR) is 57.4 cm³/mol. The van der Waals surface area contributed by atoms with Gasteiger partial charge in [0.15, 0.2) is 0 Å². The Bertz CT molecular complexity index is 396. The molecule has 1 aromatic heterocycles. The van der Waals surface area contributed by atoms with E-state index in [0.29, 0.717) is 5.92 Å². The van der Waals surface area contributed by atoms with Gasteiger partial charge in [-0.05, 0) is 49.1 Å². The van der Waals surface area contributed by atoms with Crippen molar-refractivity contribution < 1.29 is 0 Å². The lowest BCUT2D eigenvalue weighted by Crippen LogP contribution is -2.04. The molecule has 1 unspecified atom stereocenters. The molecule has 1 atom stereocenters. The molecule has 2 aliphatic carbocycles. The second-order valence-electron chi connectivity index (χ2n) is 4.61. The van der Waals surface area contributed by atoms with Crippen LogP contribution >= 0.6 is 0 Å². The topological polar surface area (TPSA) is 38.9 Å². The van der Waals surface area contributed by atoms with Gasteiger partial charge in [-0.25, -0.2) is 0 Å². The zero-order valence-corrected chi connectivity index (χ0v) is 8.64. The molecule has 0 amide bonds. The van der Waals surface area contributed by atoms with Crippen molar-refractivity contribution in [3.63, 3.8) is 0 Å². The summed E-state index contributed by atoms with van der Waals surface area (Å²) in [5.41, 5.74) is 12.6. The number of pyridine rings is 1. The van der Waals surface area contributed by atoms with E-state index in [9.17, 15) is 0 Å². The fourth-order valence-electron chi connectivity index (χ4n) is 2.84. The van der Waals surface area contributed by atoms with E-state index in [2.05, 4.69) is 6.92 Å². The molecule has 2 nitrogen and oxygen atoms in total. The molecule has 2 heteroatoms. The van der Waals surface area contributed by atoms with Crippen LogP contribution in [-0.4, -0.2) is 4.98 Å². The van der Waals surface area contributed by atoms with Crippen molar-refractivity contribution in [3.8, 4) is 0 Å². The number of nitrogens with two attached hydrogens (primary N) is 1. The number of nitrogen functional groups attached to an aromatic ring is 1. The Morgan fingerprint density at radius 2 is 2.07 bits per heavy atom. The average molecular weight is 188 g/mol. The molecule has 74 valence electrons. The Morgan fingerprint density at radius 1 is 1.21 bits per heavy atom. The van der Waals surface area contributed by atoms with Gasteiger partial charge < -0.3 is 5.73 Å². The maximum absolute atomic E-state index is 6.21. The van der Waals surface area contributed by atoms with Gasteiger partial charge in [0.2, 0.25) is 0 Å². The second-order valence-corrected chi connectivity index (χ2v) is 4.61. The first-order chi connectivity index (χ1) is 6.77. The molecule has 0 spiro atoms. The monoisotopic (exact) mass is 188 g/mol. The van der Waals surface area contributed by atoms with Crippen LogP contribution in [0.3, 0.4) is 0 Å². The number of fused-ring (bicyclic) bond motifs is 2. The van der Waals surface area contributed by atoms with Crippen LogP contribution in [0.15, 0.2) is 0 Å². The molecule has 2 aliphatic rings. The van der Waals surface area contributed by atoms with Gasteiger partial charge in [-0.1, -0.05) is 6.92 Å². The van der Waals surface area contributed by atoms with Crippen LogP contribution in [0.2, 0.25) is 0 Å². The third kappa shape index (κ3) is 0.941. The standard InChI is InChI=1S/C12H16N2/c1-7-5-6-9-11(13)8-3-2-4-10(8)14-12(7)9/h7H,2-6H2,1H3,(H2,13,14). The molecule has 1 heterocycles. The first-order valence-electron chi connectivity index (χ1n) is 5.57. The molecular weight excluding hydrogens is 172 g/mol. The summed E-state index contributed by atoms with van der Waals surface area (Å²) in [5.74, 6) is 0.623. The zero-order chi connectivity index (χ0) is 9.71. The summed E-state index contributed by atoms with van der Waals surface area (Å²) in [7, 11) is 0. The molecule has 2 N–H and O–H groups in total. The minimum absolute atomic E-state index is 0.623. The molecule has 0 saturated heterocycles. The Balaban J connectivity index is 2.24. The highest BCUT2D eigenvalue weighted by Crippen LogP contribution is 2.39. The number of hydrogen-bond acceptors (Lipinski definition) is 2. The lowest BCUT2D eigenvalue weighted by molar-refractivity contribution is 0.726. The molecule has 0 saturated carbocycles. The van der Waals surface area contributed by atoms with Gasteiger partial charge in [0.25, 0.3) is 0 Å². The highest BCUT2D eigenvalue weighted by molar-refractivity contribution is 5.60. The van der Waals surface area contributed by atoms with E-state index in [4.69, 9.17) is 10.7 Å². The van der Waals surface area contributed by atoms with Gasteiger partial charge in [-0.3, -0.25) is 4.98 Å². The highest BCUT2D eigenvalue weighted by atomic mass is 14.8. The van der Waals surface area contributed by atoms with Crippen molar-refractivity contribution in [2.75, 3.05) is 5.73 Å². The summed E-state index contributed by atoms with van der Waals surface area (Å²) in [5, 5.41) is 0. The summed E-state index contributed by atoms with van der Waals surface area (Å²) < 4.78 is 0. The maximum Gasteiger partial charge on any atom is 0.0487 e. The molecule has 1 aromatic rings. The number of hydrogen-bond donors (Lipinski definition) is 1. The first-order valence-corrected chi connectivity index (χ1v) is 5.57. The third-order valence-corrected chi connectivity index (χ3v) is 3.70. The Labute approximate surface area is 84.5 Å². The lowest BCUT2D eigenvalue weighted by atomic mass is 10.1. The van der Waals surface area contributed by atoms with Gasteiger partial charge in [0.1, 0.15) is 0 Å². The quantitative estimate of drug-likeness (QED) is 0.678. The van der Waals surface area contributed by atoms with E-state index in [1.165, 1.54) is 35.4 Å². The number of rotatable bonds is 0. The first kappa shape index (κ1) is 8.27. The summed E-state index contributed by atoms with van der Waals surface area (Å²) in [4.78, 5) is 4.80.